The minimum atomic E-state index is -0.605. The zero-order valence-electron chi connectivity index (χ0n) is 11.0. The van der Waals surface area contributed by atoms with Gasteiger partial charge in [0.15, 0.2) is 5.13 Å². The fourth-order valence-electron chi connectivity index (χ4n) is 1.56. The van der Waals surface area contributed by atoms with Gasteiger partial charge >= 0.3 is 11.8 Å². The number of nitrogens with one attached hydrogen (secondary N) is 1. The van der Waals surface area contributed by atoms with Gasteiger partial charge in [0, 0.05) is 18.5 Å². The lowest BCUT2D eigenvalue weighted by Gasteiger charge is -2.20. The van der Waals surface area contributed by atoms with E-state index in [2.05, 4.69) is 10.3 Å². The van der Waals surface area contributed by atoms with Crippen LogP contribution in [0.15, 0.2) is 5.38 Å². The van der Waals surface area contributed by atoms with E-state index in [0.717, 1.165) is 18.5 Å². The largest absolute Gasteiger partial charge is 0.334 e. The second-order valence-corrected chi connectivity index (χ2v) is 4.90. The predicted octanol–water partition coefficient (Wildman–Crippen LogP) is 2.04. The van der Waals surface area contributed by atoms with Crippen LogP contribution in [0, 0.1) is 6.92 Å². The number of thiazole rings is 1. The lowest BCUT2D eigenvalue weighted by Crippen LogP contribution is -2.40. The van der Waals surface area contributed by atoms with E-state index in [9.17, 15) is 9.59 Å². The summed E-state index contributed by atoms with van der Waals surface area (Å²) in [6.07, 6.45) is 1.69. The summed E-state index contributed by atoms with van der Waals surface area (Å²) in [6, 6.07) is 0. The molecule has 0 atom stereocenters. The van der Waals surface area contributed by atoms with Crippen LogP contribution in [-0.2, 0) is 9.59 Å². The van der Waals surface area contributed by atoms with Crippen molar-refractivity contribution in [2.45, 2.75) is 33.6 Å². The molecule has 0 fully saturated rings. The highest BCUT2D eigenvalue weighted by Crippen LogP contribution is 2.14. The monoisotopic (exact) mass is 269 g/mol. The first-order chi connectivity index (χ1) is 8.58. The van der Waals surface area contributed by atoms with E-state index in [1.54, 1.807) is 4.90 Å². The Labute approximate surface area is 111 Å². The van der Waals surface area contributed by atoms with Crippen molar-refractivity contribution < 1.29 is 9.59 Å². The second kappa shape index (κ2) is 7.10. The number of hydrogen-bond acceptors (Lipinski definition) is 4. The third-order valence-electron chi connectivity index (χ3n) is 2.31. The Bertz CT molecular complexity index is 411. The van der Waals surface area contributed by atoms with Crippen molar-refractivity contribution in [2.75, 3.05) is 18.4 Å². The molecule has 5 nitrogen and oxygen atoms in total. The van der Waals surface area contributed by atoms with Gasteiger partial charge in [-0.2, -0.15) is 0 Å². The number of rotatable bonds is 5. The molecule has 1 rings (SSSR count). The summed E-state index contributed by atoms with van der Waals surface area (Å²) in [5, 5.41) is 4.84. The maximum atomic E-state index is 11.9. The van der Waals surface area contributed by atoms with Crippen LogP contribution < -0.4 is 5.32 Å². The molecule has 0 unspecified atom stereocenters. The van der Waals surface area contributed by atoms with Crippen molar-refractivity contribution in [1.29, 1.82) is 0 Å². The SMILES string of the molecule is CCCN(CCC)C(=O)C(=O)Nc1nc(C)cs1. The summed E-state index contributed by atoms with van der Waals surface area (Å²) >= 11 is 1.32. The van der Waals surface area contributed by atoms with Crippen LogP contribution in [0.1, 0.15) is 32.4 Å². The molecule has 0 aliphatic heterocycles. The molecule has 0 bridgehead atoms. The number of nitrogens with zero attached hydrogens (tertiary/aromatic N) is 2. The van der Waals surface area contributed by atoms with E-state index >= 15 is 0 Å². The topological polar surface area (TPSA) is 62.3 Å². The number of anilines is 1. The molecule has 0 aliphatic rings. The zero-order valence-corrected chi connectivity index (χ0v) is 11.8. The van der Waals surface area contributed by atoms with Crippen molar-refractivity contribution in [3.05, 3.63) is 11.1 Å². The summed E-state index contributed by atoms with van der Waals surface area (Å²) in [5.74, 6) is -1.09. The Hall–Kier alpha value is -1.43. The molecule has 0 aromatic carbocycles. The Kier molecular flexibility index (Phi) is 5.77. The van der Waals surface area contributed by atoms with Crippen LogP contribution in [0.5, 0.6) is 0 Å². The normalized spacial score (nSPS) is 10.2. The highest BCUT2D eigenvalue weighted by molar-refractivity contribution is 7.14. The van der Waals surface area contributed by atoms with Gasteiger partial charge in [-0.25, -0.2) is 4.98 Å². The van der Waals surface area contributed by atoms with E-state index in [1.165, 1.54) is 11.3 Å². The van der Waals surface area contributed by atoms with Crippen molar-refractivity contribution in [3.8, 4) is 0 Å². The second-order valence-electron chi connectivity index (χ2n) is 4.04. The molecule has 100 valence electrons. The van der Waals surface area contributed by atoms with Gasteiger partial charge in [0.1, 0.15) is 0 Å². The Morgan fingerprint density at radius 3 is 2.39 bits per heavy atom. The van der Waals surface area contributed by atoms with Crippen LogP contribution in [0.2, 0.25) is 0 Å². The van der Waals surface area contributed by atoms with Gasteiger partial charge in [0.2, 0.25) is 0 Å². The first kappa shape index (κ1) is 14.6. The van der Waals surface area contributed by atoms with Gasteiger partial charge in [-0.1, -0.05) is 13.8 Å². The summed E-state index contributed by atoms with van der Waals surface area (Å²) < 4.78 is 0. The molecule has 18 heavy (non-hydrogen) atoms. The first-order valence-corrected chi connectivity index (χ1v) is 6.98. The fourth-order valence-corrected chi connectivity index (χ4v) is 2.24. The van der Waals surface area contributed by atoms with Crippen LogP contribution in [0.25, 0.3) is 0 Å². The van der Waals surface area contributed by atoms with E-state index in [4.69, 9.17) is 0 Å². The quantitative estimate of drug-likeness (QED) is 0.832. The summed E-state index contributed by atoms with van der Waals surface area (Å²) in [4.78, 5) is 29.4. The molecular formula is C12H19N3O2S. The van der Waals surface area contributed by atoms with E-state index in [1.807, 2.05) is 26.2 Å². The van der Waals surface area contributed by atoms with Gasteiger partial charge in [0.05, 0.1) is 5.69 Å². The standard InChI is InChI=1S/C12H19N3O2S/c1-4-6-15(7-5-2)11(17)10(16)14-12-13-9(3)8-18-12/h8H,4-7H2,1-3H3,(H,13,14,16). The molecular weight excluding hydrogens is 250 g/mol. The van der Waals surface area contributed by atoms with Crippen LogP contribution in [-0.4, -0.2) is 34.8 Å². The molecule has 0 saturated heterocycles. The molecule has 1 aromatic heterocycles. The number of carbonyl (C=O) groups excluding carboxylic acids is 2. The van der Waals surface area contributed by atoms with Gasteiger partial charge in [0.25, 0.3) is 0 Å². The predicted molar refractivity (Wildman–Crippen MR) is 72.6 cm³/mol. The van der Waals surface area contributed by atoms with E-state index in [-0.39, 0.29) is 0 Å². The van der Waals surface area contributed by atoms with Crippen LogP contribution in [0.4, 0.5) is 5.13 Å². The smallest absolute Gasteiger partial charge is 0.315 e. The van der Waals surface area contributed by atoms with Gasteiger partial charge in [-0.3, -0.25) is 14.9 Å². The lowest BCUT2D eigenvalue weighted by atomic mass is 10.3. The zero-order chi connectivity index (χ0) is 13.5. The maximum Gasteiger partial charge on any atom is 0.315 e. The summed E-state index contributed by atoms with van der Waals surface area (Å²) in [7, 11) is 0. The number of aromatic nitrogens is 1. The number of aryl methyl sites for hydroxylation is 1. The van der Waals surface area contributed by atoms with Crippen LogP contribution >= 0.6 is 11.3 Å². The average molecular weight is 269 g/mol. The molecule has 0 radical (unpaired) electrons. The lowest BCUT2D eigenvalue weighted by molar-refractivity contribution is -0.143. The molecule has 2 amide bonds. The molecule has 1 heterocycles. The molecule has 0 spiro atoms. The van der Waals surface area contributed by atoms with Gasteiger partial charge in [-0.05, 0) is 19.8 Å². The Morgan fingerprint density at radius 1 is 1.33 bits per heavy atom. The average Bonchev–Trinajstić information content (AvgIpc) is 2.73. The van der Waals surface area contributed by atoms with Crippen molar-refractivity contribution in [3.63, 3.8) is 0 Å². The van der Waals surface area contributed by atoms with E-state index in [0.29, 0.717) is 18.2 Å². The van der Waals surface area contributed by atoms with Crippen LogP contribution in [0.3, 0.4) is 0 Å². The van der Waals surface area contributed by atoms with E-state index < -0.39 is 11.8 Å². The fraction of sp³-hybridized carbons (Fsp3) is 0.583. The molecule has 0 saturated carbocycles. The molecule has 0 aliphatic carbocycles. The van der Waals surface area contributed by atoms with Crippen molar-refractivity contribution >= 4 is 28.3 Å². The first-order valence-electron chi connectivity index (χ1n) is 6.10. The molecule has 1 aromatic rings. The number of hydrogen-bond donors (Lipinski definition) is 1. The summed E-state index contributed by atoms with van der Waals surface area (Å²) in [6.45, 7) is 7.03. The summed E-state index contributed by atoms with van der Waals surface area (Å²) in [5.41, 5.74) is 0.835. The molecule has 1 N–H and O–H groups in total. The van der Waals surface area contributed by atoms with Gasteiger partial charge in [-0.15, -0.1) is 11.3 Å². The molecule has 6 heteroatoms. The van der Waals surface area contributed by atoms with Crippen molar-refractivity contribution in [1.82, 2.24) is 9.88 Å². The van der Waals surface area contributed by atoms with Gasteiger partial charge < -0.3 is 4.90 Å². The Balaban J connectivity index is 2.61. The third kappa shape index (κ3) is 4.10. The minimum Gasteiger partial charge on any atom is -0.334 e. The maximum absolute atomic E-state index is 11.9. The van der Waals surface area contributed by atoms with Crippen molar-refractivity contribution in [2.24, 2.45) is 0 Å². The highest BCUT2D eigenvalue weighted by atomic mass is 32.1. The number of amides is 2. The minimum absolute atomic E-state index is 0.471. The third-order valence-corrected chi connectivity index (χ3v) is 3.18. The highest BCUT2D eigenvalue weighted by Gasteiger charge is 2.21. The number of carbonyl (C=O) groups is 2. The Morgan fingerprint density at radius 2 is 1.94 bits per heavy atom.